The molecule has 0 fully saturated rings. The Morgan fingerprint density at radius 1 is 0.774 bits per heavy atom. The van der Waals surface area contributed by atoms with Gasteiger partial charge in [0, 0.05) is 25.5 Å². The van der Waals surface area contributed by atoms with Gasteiger partial charge in [-0.25, -0.2) is 4.90 Å². The number of carbonyl (C=O) groups excluding carboxylic acids is 2. The number of nitrogens with one attached hydrogen (secondary N) is 1. The van der Waals surface area contributed by atoms with Gasteiger partial charge < -0.3 is 10.2 Å². The predicted molar refractivity (Wildman–Crippen MR) is 126 cm³/mol. The van der Waals surface area contributed by atoms with Crippen LogP contribution in [0.2, 0.25) is 0 Å². The fourth-order valence-corrected chi connectivity index (χ4v) is 3.62. The molecule has 0 radical (unpaired) electrons. The maximum Gasteiger partial charge on any atom is 0.282 e. The molecule has 0 atom stereocenters. The maximum atomic E-state index is 13.6. The summed E-state index contributed by atoms with van der Waals surface area (Å²) in [4.78, 5) is 30.3. The standard InChI is InChI=1S/C26H25N3O2/c1-17-13-14-19(15-18(17)2)23-24(27-20-9-6-5-7-10-20)26(31)29(25(23)30)22-12-8-11-21(16-22)28(3)4/h5-16,27H,1-4H3. The van der Waals surface area contributed by atoms with E-state index < -0.39 is 0 Å². The summed E-state index contributed by atoms with van der Waals surface area (Å²) < 4.78 is 0. The fraction of sp³-hybridized carbons (Fsp3) is 0.154. The number of hydrogen-bond acceptors (Lipinski definition) is 4. The highest BCUT2D eigenvalue weighted by Gasteiger charge is 2.40. The lowest BCUT2D eigenvalue weighted by Crippen LogP contribution is -2.32. The Morgan fingerprint density at radius 2 is 1.52 bits per heavy atom. The van der Waals surface area contributed by atoms with Gasteiger partial charge in [0.1, 0.15) is 5.70 Å². The van der Waals surface area contributed by atoms with Crippen molar-refractivity contribution in [2.24, 2.45) is 0 Å². The first-order valence-corrected chi connectivity index (χ1v) is 10.2. The van der Waals surface area contributed by atoms with Crippen molar-refractivity contribution in [2.45, 2.75) is 13.8 Å². The van der Waals surface area contributed by atoms with Crippen LogP contribution in [0.1, 0.15) is 16.7 Å². The molecule has 1 heterocycles. The number of hydrogen-bond donors (Lipinski definition) is 1. The Labute approximate surface area is 182 Å². The van der Waals surface area contributed by atoms with Gasteiger partial charge in [0.05, 0.1) is 11.3 Å². The number of benzene rings is 3. The molecule has 0 aromatic heterocycles. The quantitative estimate of drug-likeness (QED) is 0.615. The topological polar surface area (TPSA) is 52.7 Å². The van der Waals surface area contributed by atoms with Crippen LogP contribution in [-0.2, 0) is 9.59 Å². The molecule has 4 rings (SSSR count). The van der Waals surface area contributed by atoms with Gasteiger partial charge in [-0.15, -0.1) is 0 Å². The van der Waals surface area contributed by atoms with Gasteiger partial charge in [-0.1, -0.05) is 42.5 Å². The van der Waals surface area contributed by atoms with E-state index >= 15 is 0 Å². The van der Waals surface area contributed by atoms with Crippen molar-refractivity contribution in [3.63, 3.8) is 0 Å². The monoisotopic (exact) mass is 411 g/mol. The molecule has 5 heteroatoms. The number of nitrogens with zero attached hydrogens (tertiary/aromatic N) is 2. The summed E-state index contributed by atoms with van der Waals surface area (Å²) in [6.07, 6.45) is 0. The van der Waals surface area contributed by atoms with Crippen molar-refractivity contribution in [2.75, 3.05) is 29.2 Å². The highest BCUT2D eigenvalue weighted by molar-refractivity contribution is 6.46. The minimum Gasteiger partial charge on any atom is -0.378 e. The number of aryl methyl sites for hydroxylation is 2. The third-order valence-electron chi connectivity index (χ3n) is 5.53. The van der Waals surface area contributed by atoms with Crippen molar-refractivity contribution >= 4 is 34.4 Å². The molecular formula is C26H25N3O2. The number of amides is 2. The summed E-state index contributed by atoms with van der Waals surface area (Å²) in [5.41, 5.74) is 5.81. The second-order valence-corrected chi connectivity index (χ2v) is 7.90. The molecule has 0 unspecified atom stereocenters. The Kier molecular flexibility index (Phi) is 5.34. The molecule has 156 valence electrons. The van der Waals surface area contributed by atoms with Gasteiger partial charge in [-0.3, -0.25) is 9.59 Å². The number of imide groups is 1. The van der Waals surface area contributed by atoms with E-state index in [1.807, 2.05) is 99.6 Å². The van der Waals surface area contributed by atoms with E-state index in [0.717, 1.165) is 28.1 Å². The second-order valence-electron chi connectivity index (χ2n) is 7.90. The molecule has 0 saturated carbocycles. The molecule has 1 aliphatic heterocycles. The average Bonchev–Trinajstić information content (AvgIpc) is 3.00. The Morgan fingerprint density at radius 3 is 2.19 bits per heavy atom. The predicted octanol–water partition coefficient (Wildman–Crippen LogP) is 4.77. The number of carbonyl (C=O) groups is 2. The van der Waals surface area contributed by atoms with Gasteiger partial charge >= 0.3 is 0 Å². The second kappa shape index (κ2) is 8.11. The van der Waals surface area contributed by atoms with E-state index in [2.05, 4.69) is 5.32 Å². The van der Waals surface area contributed by atoms with E-state index in [0.29, 0.717) is 11.3 Å². The first-order valence-electron chi connectivity index (χ1n) is 10.2. The van der Waals surface area contributed by atoms with Crippen LogP contribution in [0.3, 0.4) is 0 Å². The molecule has 1 aliphatic rings. The summed E-state index contributed by atoms with van der Waals surface area (Å²) in [5, 5.41) is 3.20. The highest BCUT2D eigenvalue weighted by Crippen LogP contribution is 2.35. The third-order valence-corrected chi connectivity index (χ3v) is 5.53. The Bertz CT molecular complexity index is 1200. The molecule has 3 aromatic carbocycles. The van der Waals surface area contributed by atoms with Crippen molar-refractivity contribution in [3.05, 3.63) is 95.2 Å². The van der Waals surface area contributed by atoms with Crippen LogP contribution in [0, 0.1) is 13.8 Å². The van der Waals surface area contributed by atoms with Gasteiger partial charge in [0.15, 0.2) is 0 Å². The molecule has 5 nitrogen and oxygen atoms in total. The first kappa shape index (κ1) is 20.4. The fourth-order valence-electron chi connectivity index (χ4n) is 3.62. The number of rotatable bonds is 5. The van der Waals surface area contributed by atoms with Crippen molar-refractivity contribution in [1.82, 2.24) is 0 Å². The average molecular weight is 412 g/mol. The molecule has 0 bridgehead atoms. The summed E-state index contributed by atoms with van der Waals surface area (Å²) in [6, 6.07) is 22.7. The molecular weight excluding hydrogens is 386 g/mol. The summed E-state index contributed by atoms with van der Waals surface area (Å²) in [6.45, 7) is 4.03. The SMILES string of the molecule is Cc1ccc(C2=C(Nc3ccccc3)C(=O)N(c3cccc(N(C)C)c3)C2=O)cc1C. The van der Waals surface area contributed by atoms with Crippen LogP contribution in [0.5, 0.6) is 0 Å². The van der Waals surface area contributed by atoms with Crippen molar-refractivity contribution in [3.8, 4) is 0 Å². The van der Waals surface area contributed by atoms with Crippen LogP contribution in [0.4, 0.5) is 17.1 Å². The first-order chi connectivity index (χ1) is 14.9. The van der Waals surface area contributed by atoms with Crippen LogP contribution in [-0.4, -0.2) is 25.9 Å². The zero-order valence-corrected chi connectivity index (χ0v) is 18.1. The number of para-hydroxylation sites is 1. The molecule has 0 saturated heterocycles. The molecule has 3 aromatic rings. The van der Waals surface area contributed by atoms with Gasteiger partial charge in [-0.2, -0.15) is 0 Å². The third kappa shape index (κ3) is 3.82. The van der Waals surface area contributed by atoms with Gasteiger partial charge in [0.25, 0.3) is 11.8 Å². The lowest BCUT2D eigenvalue weighted by atomic mass is 9.99. The van der Waals surface area contributed by atoms with E-state index in [1.54, 1.807) is 6.07 Å². The zero-order valence-electron chi connectivity index (χ0n) is 18.1. The molecule has 0 aliphatic carbocycles. The minimum atomic E-state index is -0.363. The Hall–Kier alpha value is -3.86. The molecule has 0 spiro atoms. The van der Waals surface area contributed by atoms with E-state index in [-0.39, 0.29) is 17.5 Å². The zero-order chi connectivity index (χ0) is 22.1. The van der Waals surface area contributed by atoms with Crippen LogP contribution in [0.25, 0.3) is 5.57 Å². The van der Waals surface area contributed by atoms with Crippen LogP contribution < -0.4 is 15.1 Å². The molecule has 2 amide bonds. The molecule has 31 heavy (non-hydrogen) atoms. The van der Waals surface area contributed by atoms with E-state index in [9.17, 15) is 9.59 Å². The van der Waals surface area contributed by atoms with Crippen LogP contribution in [0.15, 0.2) is 78.5 Å². The number of anilines is 3. The smallest absolute Gasteiger partial charge is 0.282 e. The van der Waals surface area contributed by atoms with Crippen molar-refractivity contribution < 1.29 is 9.59 Å². The van der Waals surface area contributed by atoms with Gasteiger partial charge in [-0.05, 0) is 60.9 Å². The summed E-state index contributed by atoms with van der Waals surface area (Å²) in [5.74, 6) is -0.694. The maximum absolute atomic E-state index is 13.6. The highest BCUT2D eigenvalue weighted by atomic mass is 16.2. The largest absolute Gasteiger partial charge is 0.378 e. The normalized spacial score (nSPS) is 13.7. The van der Waals surface area contributed by atoms with Crippen LogP contribution >= 0.6 is 0 Å². The Balaban J connectivity index is 1.84. The summed E-state index contributed by atoms with van der Waals surface area (Å²) >= 11 is 0. The van der Waals surface area contributed by atoms with Gasteiger partial charge in [0.2, 0.25) is 0 Å². The lowest BCUT2D eigenvalue weighted by Gasteiger charge is -2.19. The van der Waals surface area contributed by atoms with E-state index in [1.165, 1.54) is 4.90 Å². The van der Waals surface area contributed by atoms with Crippen molar-refractivity contribution in [1.29, 1.82) is 0 Å². The van der Waals surface area contributed by atoms with E-state index in [4.69, 9.17) is 0 Å². The molecule has 1 N–H and O–H groups in total. The lowest BCUT2D eigenvalue weighted by molar-refractivity contribution is -0.120. The summed E-state index contributed by atoms with van der Waals surface area (Å²) in [7, 11) is 3.85. The minimum absolute atomic E-state index is 0.287.